The van der Waals surface area contributed by atoms with Crippen molar-refractivity contribution in [3.8, 4) is 11.5 Å². The number of hydrogen-bond acceptors (Lipinski definition) is 7. The second-order valence-electron chi connectivity index (χ2n) is 5.95. The van der Waals surface area contributed by atoms with Gasteiger partial charge >= 0.3 is 0 Å². The molecule has 0 saturated carbocycles. The van der Waals surface area contributed by atoms with Gasteiger partial charge in [-0.15, -0.1) is 0 Å². The first-order valence-electron chi connectivity index (χ1n) is 8.61. The average molecular weight is 379 g/mol. The quantitative estimate of drug-likeness (QED) is 0.651. The van der Waals surface area contributed by atoms with E-state index < -0.39 is 0 Å². The third kappa shape index (κ3) is 4.73. The molecule has 0 aliphatic heterocycles. The molecule has 0 unspecified atom stereocenters. The Hall–Kier alpha value is -3.68. The number of carbonyl (C=O) groups is 1. The maximum atomic E-state index is 12.7. The average Bonchev–Trinajstić information content (AvgIpc) is 2.73. The molecule has 1 aromatic carbocycles. The third-order valence-electron chi connectivity index (χ3n) is 3.94. The highest BCUT2D eigenvalue weighted by Gasteiger charge is 2.14. The van der Waals surface area contributed by atoms with Crippen molar-refractivity contribution in [2.45, 2.75) is 13.5 Å². The summed E-state index contributed by atoms with van der Waals surface area (Å²) in [7, 11) is 3.09. The minimum atomic E-state index is -0.360. The summed E-state index contributed by atoms with van der Waals surface area (Å²) in [4.78, 5) is 25.3. The van der Waals surface area contributed by atoms with Crippen LogP contribution in [-0.2, 0) is 6.54 Å². The number of rotatable bonds is 7. The lowest BCUT2D eigenvalue weighted by Crippen LogP contribution is -2.16. The van der Waals surface area contributed by atoms with Gasteiger partial charge in [-0.1, -0.05) is 0 Å². The monoisotopic (exact) mass is 379 g/mol. The van der Waals surface area contributed by atoms with Crippen LogP contribution < -0.4 is 20.1 Å². The highest BCUT2D eigenvalue weighted by Crippen LogP contribution is 2.29. The van der Waals surface area contributed by atoms with Crippen molar-refractivity contribution >= 4 is 17.5 Å². The van der Waals surface area contributed by atoms with Gasteiger partial charge in [0.1, 0.15) is 17.2 Å². The van der Waals surface area contributed by atoms with E-state index in [0.29, 0.717) is 35.4 Å². The van der Waals surface area contributed by atoms with Gasteiger partial charge in [-0.3, -0.25) is 9.78 Å². The lowest BCUT2D eigenvalue weighted by molar-refractivity contribution is 0.102. The van der Waals surface area contributed by atoms with Crippen LogP contribution in [0.3, 0.4) is 0 Å². The molecule has 0 radical (unpaired) electrons. The number of ether oxygens (including phenoxy) is 2. The van der Waals surface area contributed by atoms with E-state index in [1.165, 1.54) is 7.11 Å². The number of aryl methyl sites for hydroxylation is 1. The Morgan fingerprint density at radius 1 is 1.04 bits per heavy atom. The van der Waals surface area contributed by atoms with Gasteiger partial charge in [0.05, 0.1) is 19.9 Å². The first kappa shape index (κ1) is 19.1. The molecule has 0 aliphatic rings. The zero-order valence-electron chi connectivity index (χ0n) is 15.9. The Morgan fingerprint density at radius 2 is 1.82 bits per heavy atom. The highest BCUT2D eigenvalue weighted by molar-refractivity contribution is 6.04. The van der Waals surface area contributed by atoms with Gasteiger partial charge in [-0.05, 0) is 42.8 Å². The van der Waals surface area contributed by atoms with Gasteiger partial charge < -0.3 is 20.1 Å². The molecule has 144 valence electrons. The first-order valence-corrected chi connectivity index (χ1v) is 8.61. The number of hydrogen-bond donors (Lipinski definition) is 2. The Bertz CT molecular complexity index is 963. The van der Waals surface area contributed by atoms with Crippen LogP contribution in [0.25, 0.3) is 0 Å². The molecular formula is C20H21N5O3. The van der Waals surface area contributed by atoms with Gasteiger partial charge in [-0.25, -0.2) is 9.97 Å². The SMILES string of the molecule is COc1ccc(NC(=O)c2cc(C)nc(NCc3ccncc3)n2)c(OC)c1. The summed E-state index contributed by atoms with van der Waals surface area (Å²) >= 11 is 0. The van der Waals surface area contributed by atoms with Crippen molar-refractivity contribution in [3.05, 3.63) is 65.7 Å². The second-order valence-corrected chi connectivity index (χ2v) is 5.95. The molecule has 2 heterocycles. The molecule has 0 saturated heterocycles. The standard InChI is InChI=1S/C20H21N5O3/c1-13-10-17(25-20(23-13)22-12-14-6-8-21-9-7-14)19(26)24-16-5-4-15(27-2)11-18(16)28-3/h4-11H,12H2,1-3H3,(H,24,26)(H,22,23,25). The summed E-state index contributed by atoms with van der Waals surface area (Å²) in [5, 5.41) is 5.94. The fourth-order valence-corrected chi connectivity index (χ4v) is 2.53. The summed E-state index contributed by atoms with van der Waals surface area (Å²) in [6, 6.07) is 10.6. The number of amides is 1. The Labute approximate surface area is 163 Å². The van der Waals surface area contributed by atoms with Gasteiger partial charge in [0, 0.05) is 30.7 Å². The van der Waals surface area contributed by atoms with Crippen LogP contribution in [0.2, 0.25) is 0 Å². The van der Waals surface area contributed by atoms with E-state index in [0.717, 1.165) is 5.56 Å². The Balaban J connectivity index is 1.76. The number of benzene rings is 1. The van der Waals surface area contributed by atoms with Crippen LogP contribution in [0.4, 0.5) is 11.6 Å². The number of nitrogens with one attached hydrogen (secondary N) is 2. The Morgan fingerprint density at radius 3 is 2.54 bits per heavy atom. The van der Waals surface area contributed by atoms with Crippen LogP contribution in [-0.4, -0.2) is 35.1 Å². The fraction of sp³-hybridized carbons (Fsp3) is 0.200. The van der Waals surface area contributed by atoms with Crippen molar-refractivity contribution in [1.29, 1.82) is 0 Å². The topological polar surface area (TPSA) is 98.3 Å². The second kappa shape index (κ2) is 8.81. The lowest BCUT2D eigenvalue weighted by atomic mass is 10.2. The van der Waals surface area contributed by atoms with E-state index in [4.69, 9.17) is 9.47 Å². The molecule has 8 nitrogen and oxygen atoms in total. The maximum Gasteiger partial charge on any atom is 0.274 e. The van der Waals surface area contributed by atoms with E-state index >= 15 is 0 Å². The van der Waals surface area contributed by atoms with E-state index in [9.17, 15) is 4.79 Å². The summed E-state index contributed by atoms with van der Waals surface area (Å²) < 4.78 is 10.5. The molecular weight excluding hydrogens is 358 g/mol. The van der Waals surface area contributed by atoms with Gasteiger partial charge in [0.15, 0.2) is 0 Å². The van der Waals surface area contributed by atoms with Crippen LogP contribution in [0.5, 0.6) is 11.5 Å². The van der Waals surface area contributed by atoms with Crippen LogP contribution in [0, 0.1) is 6.92 Å². The van der Waals surface area contributed by atoms with Crippen molar-refractivity contribution in [2.24, 2.45) is 0 Å². The molecule has 0 spiro atoms. The Kier molecular flexibility index (Phi) is 6.01. The number of carbonyl (C=O) groups excluding carboxylic acids is 1. The van der Waals surface area contributed by atoms with Gasteiger partial charge in [0.25, 0.3) is 5.91 Å². The molecule has 0 fully saturated rings. The first-order chi connectivity index (χ1) is 13.6. The molecule has 1 amide bonds. The van der Waals surface area contributed by atoms with E-state index in [2.05, 4.69) is 25.6 Å². The summed E-state index contributed by atoms with van der Waals surface area (Å²) in [6.45, 7) is 2.34. The van der Waals surface area contributed by atoms with Crippen LogP contribution in [0.15, 0.2) is 48.8 Å². The maximum absolute atomic E-state index is 12.7. The summed E-state index contributed by atoms with van der Waals surface area (Å²) in [5.74, 6) is 1.15. The zero-order valence-corrected chi connectivity index (χ0v) is 15.9. The number of methoxy groups -OCH3 is 2. The van der Waals surface area contributed by atoms with Crippen LogP contribution >= 0.6 is 0 Å². The predicted octanol–water partition coefficient (Wildman–Crippen LogP) is 3.06. The summed E-state index contributed by atoms with van der Waals surface area (Å²) in [6.07, 6.45) is 3.43. The lowest BCUT2D eigenvalue weighted by Gasteiger charge is -2.12. The largest absolute Gasteiger partial charge is 0.497 e. The molecule has 2 aromatic heterocycles. The molecule has 3 aromatic rings. The van der Waals surface area contributed by atoms with Crippen LogP contribution in [0.1, 0.15) is 21.7 Å². The zero-order chi connectivity index (χ0) is 19.9. The normalized spacial score (nSPS) is 10.2. The molecule has 8 heteroatoms. The molecule has 0 aliphatic carbocycles. The van der Waals surface area contributed by atoms with Crippen molar-refractivity contribution in [2.75, 3.05) is 24.9 Å². The molecule has 3 rings (SSSR count). The molecule has 2 N–H and O–H groups in total. The number of pyridine rings is 1. The van der Waals surface area contributed by atoms with E-state index in [-0.39, 0.29) is 11.6 Å². The predicted molar refractivity (Wildman–Crippen MR) is 106 cm³/mol. The molecule has 0 bridgehead atoms. The van der Waals surface area contributed by atoms with Crippen molar-refractivity contribution in [1.82, 2.24) is 15.0 Å². The highest BCUT2D eigenvalue weighted by atomic mass is 16.5. The minimum Gasteiger partial charge on any atom is -0.497 e. The number of nitrogens with zero attached hydrogens (tertiary/aromatic N) is 3. The molecule has 28 heavy (non-hydrogen) atoms. The number of aromatic nitrogens is 3. The van der Waals surface area contributed by atoms with Gasteiger partial charge in [0.2, 0.25) is 5.95 Å². The summed E-state index contributed by atoms with van der Waals surface area (Å²) in [5.41, 5.74) is 2.49. The molecule has 0 atom stereocenters. The minimum absolute atomic E-state index is 0.252. The van der Waals surface area contributed by atoms with Gasteiger partial charge in [-0.2, -0.15) is 0 Å². The third-order valence-corrected chi connectivity index (χ3v) is 3.94. The fourth-order valence-electron chi connectivity index (χ4n) is 2.53. The number of anilines is 2. The van der Waals surface area contributed by atoms with Crippen molar-refractivity contribution in [3.63, 3.8) is 0 Å². The van der Waals surface area contributed by atoms with E-state index in [1.807, 2.05) is 19.1 Å². The van der Waals surface area contributed by atoms with E-state index in [1.54, 1.807) is 43.8 Å². The van der Waals surface area contributed by atoms with Crippen molar-refractivity contribution < 1.29 is 14.3 Å². The smallest absolute Gasteiger partial charge is 0.274 e.